The molecule has 1 saturated heterocycles. The zero-order valence-electron chi connectivity index (χ0n) is 13.3. The third kappa shape index (κ3) is 4.73. The van der Waals surface area contributed by atoms with Crippen molar-refractivity contribution in [2.45, 2.75) is 65.3 Å². The van der Waals surface area contributed by atoms with E-state index in [0.29, 0.717) is 11.5 Å². The van der Waals surface area contributed by atoms with Crippen LogP contribution < -0.4 is 5.73 Å². The van der Waals surface area contributed by atoms with E-state index in [1.807, 2.05) is 0 Å². The summed E-state index contributed by atoms with van der Waals surface area (Å²) in [6, 6.07) is 0.567. The molecule has 2 atom stereocenters. The Bertz CT molecular complexity index is 303. The Morgan fingerprint density at radius 3 is 2.35 bits per heavy atom. The Morgan fingerprint density at radius 2 is 1.90 bits per heavy atom. The number of piperidine rings is 1. The number of rotatable bonds is 8. The summed E-state index contributed by atoms with van der Waals surface area (Å²) in [5, 5.41) is 1.05. The van der Waals surface area contributed by atoms with Gasteiger partial charge in [-0.25, -0.2) is 0 Å². The first-order valence-corrected chi connectivity index (χ1v) is 9.19. The van der Waals surface area contributed by atoms with E-state index in [2.05, 4.69) is 41.6 Å². The SMILES string of the molecule is CCCC(CBr)(CCC)CN1CC(C(N)=O)CCC1C. The van der Waals surface area contributed by atoms with Gasteiger partial charge in [0.2, 0.25) is 5.91 Å². The fourth-order valence-corrected chi connectivity index (χ4v) is 4.32. The Morgan fingerprint density at radius 1 is 1.30 bits per heavy atom. The predicted octanol–water partition coefficient (Wildman–Crippen LogP) is 3.55. The molecule has 1 rings (SSSR count). The number of likely N-dealkylation sites (tertiary alicyclic amines) is 1. The lowest BCUT2D eigenvalue weighted by Crippen LogP contribution is -2.50. The van der Waals surface area contributed by atoms with Gasteiger partial charge in [-0.1, -0.05) is 42.6 Å². The maximum atomic E-state index is 11.5. The molecule has 0 aromatic heterocycles. The lowest BCUT2D eigenvalue weighted by atomic mass is 9.79. The summed E-state index contributed by atoms with van der Waals surface area (Å²) in [7, 11) is 0. The van der Waals surface area contributed by atoms with E-state index < -0.39 is 0 Å². The first-order chi connectivity index (χ1) is 9.48. The molecule has 0 aromatic carbocycles. The summed E-state index contributed by atoms with van der Waals surface area (Å²) in [4.78, 5) is 14.0. The second kappa shape index (κ2) is 8.38. The van der Waals surface area contributed by atoms with Crippen LogP contribution in [-0.2, 0) is 4.79 Å². The van der Waals surface area contributed by atoms with Crippen molar-refractivity contribution >= 4 is 21.8 Å². The summed E-state index contributed by atoms with van der Waals surface area (Å²) in [5.41, 5.74) is 5.86. The molecule has 3 nitrogen and oxygen atoms in total. The molecule has 20 heavy (non-hydrogen) atoms. The fraction of sp³-hybridized carbons (Fsp3) is 0.938. The van der Waals surface area contributed by atoms with Gasteiger partial charge < -0.3 is 5.73 Å². The van der Waals surface area contributed by atoms with Crippen LogP contribution in [0.1, 0.15) is 59.3 Å². The topological polar surface area (TPSA) is 46.3 Å². The van der Waals surface area contributed by atoms with Gasteiger partial charge in [-0.3, -0.25) is 9.69 Å². The van der Waals surface area contributed by atoms with Gasteiger partial charge in [0.05, 0.1) is 5.92 Å². The van der Waals surface area contributed by atoms with Crippen LogP contribution in [0.4, 0.5) is 0 Å². The maximum Gasteiger partial charge on any atom is 0.221 e. The van der Waals surface area contributed by atoms with E-state index in [4.69, 9.17) is 5.73 Å². The molecular formula is C16H31BrN2O. The molecule has 1 aliphatic heterocycles. The van der Waals surface area contributed by atoms with Gasteiger partial charge in [0.25, 0.3) is 0 Å². The molecule has 0 bridgehead atoms. The number of halogens is 1. The Balaban J connectivity index is 2.76. The van der Waals surface area contributed by atoms with Crippen LogP contribution in [0.25, 0.3) is 0 Å². The van der Waals surface area contributed by atoms with E-state index in [0.717, 1.165) is 31.3 Å². The van der Waals surface area contributed by atoms with Crippen molar-refractivity contribution in [1.82, 2.24) is 4.90 Å². The number of nitrogens with zero attached hydrogens (tertiary/aromatic N) is 1. The quantitative estimate of drug-likeness (QED) is 0.683. The van der Waals surface area contributed by atoms with Crippen LogP contribution in [0.5, 0.6) is 0 Å². The van der Waals surface area contributed by atoms with Crippen LogP contribution in [0.2, 0.25) is 0 Å². The standard InChI is InChI=1S/C16H31BrN2O/c1-4-8-16(11-17,9-5-2)12-19-10-14(15(18)20)7-6-13(19)3/h13-14H,4-12H2,1-3H3,(H2,18,20). The number of hydrogen-bond acceptors (Lipinski definition) is 2. The maximum absolute atomic E-state index is 11.5. The average molecular weight is 347 g/mol. The zero-order chi connectivity index (χ0) is 15.2. The van der Waals surface area contributed by atoms with E-state index in [1.54, 1.807) is 0 Å². The highest BCUT2D eigenvalue weighted by Gasteiger charge is 2.35. The molecule has 0 aliphatic carbocycles. The molecule has 0 spiro atoms. The summed E-state index contributed by atoms with van der Waals surface area (Å²) >= 11 is 3.75. The molecule has 1 aliphatic rings. The lowest BCUT2D eigenvalue weighted by Gasteiger charge is -2.43. The summed E-state index contributed by atoms with van der Waals surface area (Å²) in [6.45, 7) is 8.75. The monoisotopic (exact) mass is 346 g/mol. The highest BCUT2D eigenvalue weighted by molar-refractivity contribution is 9.09. The molecule has 0 aromatic rings. The molecule has 0 radical (unpaired) electrons. The van der Waals surface area contributed by atoms with Crippen LogP contribution in [0, 0.1) is 11.3 Å². The minimum absolute atomic E-state index is 0.0440. The molecule has 1 fully saturated rings. The molecular weight excluding hydrogens is 316 g/mol. The van der Waals surface area contributed by atoms with Gasteiger partial charge in [0.15, 0.2) is 0 Å². The van der Waals surface area contributed by atoms with Crippen LogP contribution in [-0.4, -0.2) is 35.3 Å². The molecule has 4 heteroatoms. The van der Waals surface area contributed by atoms with Crippen LogP contribution in [0.3, 0.4) is 0 Å². The Kier molecular flexibility index (Phi) is 7.52. The van der Waals surface area contributed by atoms with Crippen molar-refractivity contribution in [2.24, 2.45) is 17.1 Å². The smallest absolute Gasteiger partial charge is 0.221 e. The van der Waals surface area contributed by atoms with Gasteiger partial charge >= 0.3 is 0 Å². The summed E-state index contributed by atoms with van der Waals surface area (Å²) in [5.74, 6) is -0.0835. The average Bonchev–Trinajstić information content (AvgIpc) is 2.41. The number of carbonyl (C=O) groups excluding carboxylic acids is 1. The van der Waals surface area contributed by atoms with Gasteiger partial charge in [0, 0.05) is 24.5 Å². The number of primary amides is 1. The number of hydrogen-bond donors (Lipinski definition) is 1. The lowest BCUT2D eigenvalue weighted by molar-refractivity contribution is -0.124. The van der Waals surface area contributed by atoms with Crippen LogP contribution >= 0.6 is 15.9 Å². The zero-order valence-corrected chi connectivity index (χ0v) is 14.9. The molecule has 0 saturated carbocycles. The summed E-state index contributed by atoms with van der Waals surface area (Å²) in [6.07, 6.45) is 6.97. The van der Waals surface area contributed by atoms with E-state index in [9.17, 15) is 4.79 Å². The van der Waals surface area contributed by atoms with Crippen molar-refractivity contribution in [2.75, 3.05) is 18.4 Å². The normalized spacial score (nSPS) is 24.8. The van der Waals surface area contributed by atoms with Gasteiger partial charge in [-0.15, -0.1) is 0 Å². The molecule has 1 amide bonds. The molecule has 118 valence electrons. The second-order valence-electron chi connectivity index (χ2n) is 6.59. The number of amides is 1. The predicted molar refractivity (Wildman–Crippen MR) is 89.0 cm³/mol. The third-order valence-electron chi connectivity index (χ3n) is 4.80. The molecule has 1 heterocycles. The minimum Gasteiger partial charge on any atom is -0.369 e. The van der Waals surface area contributed by atoms with Crippen molar-refractivity contribution in [3.63, 3.8) is 0 Å². The van der Waals surface area contributed by atoms with Crippen LogP contribution in [0.15, 0.2) is 0 Å². The number of alkyl halides is 1. The van der Waals surface area contributed by atoms with Crippen molar-refractivity contribution in [3.05, 3.63) is 0 Å². The largest absolute Gasteiger partial charge is 0.369 e. The first-order valence-electron chi connectivity index (χ1n) is 8.07. The van der Waals surface area contributed by atoms with Gasteiger partial charge in [0.1, 0.15) is 0 Å². The summed E-state index contributed by atoms with van der Waals surface area (Å²) < 4.78 is 0. The van der Waals surface area contributed by atoms with Gasteiger partial charge in [-0.05, 0) is 38.0 Å². The molecule has 2 unspecified atom stereocenters. The third-order valence-corrected chi connectivity index (χ3v) is 5.99. The molecule has 2 N–H and O–H groups in total. The van der Waals surface area contributed by atoms with Gasteiger partial charge in [-0.2, -0.15) is 0 Å². The van der Waals surface area contributed by atoms with Crippen molar-refractivity contribution in [1.29, 1.82) is 0 Å². The highest BCUT2D eigenvalue weighted by atomic mass is 79.9. The minimum atomic E-state index is -0.127. The second-order valence-corrected chi connectivity index (χ2v) is 7.15. The van der Waals surface area contributed by atoms with E-state index in [1.165, 1.54) is 25.7 Å². The highest BCUT2D eigenvalue weighted by Crippen LogP contribution is 2.35. The Labute approximate surface area is 132 Å². The number of nitrogens with two attached hydrogens (primary N) is 1. The number of carbonyl (C=O) groups is 1. The van der Waals surface area contributed by atoms with Crippen molar-refractivity contribution < 1.29 is 4.79 Å². The first kappa shape index (κ1) is 18.0. The van der Waals surface area contributed by atoms with E-state index in [-0.39, 0.29) is 11.8 Å². The van der Waals surface area contributed by atoms with Crippen molar-refractivity contribution in [3.8, 4) is 0 Å². The van der Waals surface area contributed by atoms with E-state index >= 15 is 0 Å². The Hall–Kier alpha value is -0.0900. The fourth-order valence-electron chi connectivity index (χ4n) is 3.58.